The van der Waals surface area contributed by atoms with Crippen LogP contribution in [-0.2, 0) is 9.53 Å². The number of alkyl carbamates (subject to hydrolysis) is 1. The lowest BCUT2D eigenvalue weighted by Gasteiger charge is -2.36. The van der Waals surface area contributed by atoms with E-state index in [0.29, 0.717) is 18.6 Å². The average Bonchev–Trinajstić information content (AvgIpc) is 2.89. The lowest BCUT2D eigenvalue weighted by Crippen LogP contribution is -2.55. The van der Waals surface area contributed by atoms with Gasteiger partial charge in [0.15, 0.2) is 0 Å². The quantitative estimate of drug-likeness (QED) is 0.595. The normalized spacial score (nSPS) is 27.4. The summed E-state index contributed by atoms with van der Waals surface area (Å²) in [5.41, 5.74) is -0.155. The maximum Gasteiger partial charge on any atom is 0.407 e. The fraction of sp³-hybridized carbons (Fsp3) is 0.545. The number of piperidine rings is 1. The maximum absolute atomic E-state index is 12.9. The Labute approximate surface area is 185 Å². The van der Waals surface area contributed by atoms with Gasteiger partial charge in [0.25, 0.3) is 11.8 Å². The Morgan fingerprint density at radius 3 is 2.47 bits per heavy atom. The molecule has 2 atom stereocenters. The smallest absolute Gasteiger partial charge is 0.407 e. The van der Waals surface area contributed by atoms with Crippen molar-refractivity contribution in [1.29, 1.82) is 0 Å². The molecule has 172 valence electrons. The SMILES string of the molecule is CC(C)(C)OC(=O)N[C@H]1C[C@H](Oc2ccc3c(c2)C(=O)N(C2CCC(O)NC2=O)C3=O)C1. The molecule has 4 amide bonds. The molecule has 10 nitrogen and oxygen atoms in total. The summed E-state index contributed by atoms with van der Waals surface area (Å²) in [6.07, 6.45) is 0.0857. The molecule has 32 heavy (non-hydrogen) atoms. The number of carbonyl (C=O) groups excluding carboxylic acids is 4. The number of ether oxygens (including phenoxy) is 2. The second-order valence-electron chi connectivity index (χ2n) is 9.36. The Hall–Kier alpha value is -3.14. The van der Waals surface area contributed by atoms with Gasteiger partial charge in [0.1, 0.15) is 29.7 Å². The Morgan fingerprint density at radius 1 is 1.12 bits per heavy atom. The van der Waals surface area contributed by atoms with E-state index in [4.69, 9.17) is 9.47 Å². The van der Waals surface area contributed by atoms with Gasteiger partial charge in [0.2, 0.25) is 5.91 Å². The molecule has 3 N–H and O–H groups in total. The average molecular weight is 445 g/mol. The van der Waals surface area contributed by atoms with Crippen molar-refractivity contribution in [2.24, 2.45) is 0 Å². The van der Waals surface area contributed by atoms with Crippen LogP contribution in [0.3, 0.4) is 0 Å². The first-order chi connectivity index (χ1) is 15.0. The van der Waals surface area contributed by atoms with Crippen molar-refractivity contribution in [2.45, 2.75) is 76.5 Å². The number of hydrogen-bond acceptors (Lipinski definition) is 7. The van der Waals surface area contributed by atoms with Crippen LogP contribution in [-0.4, -0.2) is 63.8 Å². The summed E-state index contributed by atoms with van der Waals surface area (Å²) in [7, 11) is 0. The van der Waals surface area contributed by atoms with Crippen LogP contribution in [0.1, 0.15) is 67.2 Å². The Balaban J connectivity index is 1.36. The van der Waals surface area contributed by atoms with Gasteiger partial charge in [0, 0.05) is 18.9 Å². The summed E-state index contributed by atoms with van der Waals surface area (Å²) in [5.74, 6) is -1.19. The summed E-state index contributed by atoms with van der Waals surface area (Å²) >= 11 is 0. The molecule has 2 fully saturated rings. The molecule has 1 aliphatic carbocycles. The van der Waals surface area contributed by atoms with E-state index in [1.54, 1.807) is 26.8 Å². The summed E-state index contributed by atoms with van der Waals surface area (Å²) < 4.78 is 11.1. The number of benzene rings is 1. The Morgan fingerprint density at radius 2 is 1.81 bits per heavy atom. The third kappa shape index (κ3) is 4.40. The highest BCUT2D eigenvalue weighted by Gasteiger charge is 2.45. The highest BCUT2D eigenvalue weighted by Crippen LogP contribution is 2.32. The molecule has 1 aromatic rings. The van der Waals surface area contributed by atoms with E-state index in [9.17, 15) is 24.3 Å². The molecule has 4 rings (SSSR count). The van der Waals surface area contributed by atoms with Crippen molar-refractivity contribution in [1.82, 2.24) is 15.5 Å². The van der Waals surface area contributed by atoms with E-state index in [1.165, 1.54) is 12.1 Å². The number of hydrogen-bond donors (Lipinski definition) is 3. The number of nitrogens with zero attached hydrogens (tertiary/aromatic N) is 1. The molecule has 1 aromatic carbocycles. The molecular formula is C22H27N3O7. The minimum atomic E-state index is -0.968. The molecule has 2 aliphatic heterocycles. The van der Waals surface area contributed by atoms with E-state index in [2.05, 4.69) is 10.6 Å². The van der Waals surface area contributed by atoms with Crippen LogP contribution >= 0.6 is 0 Å². The molecule has 10 heteroatoms. The van der Waals surface area contributed by atoms with Crippen molar-refractivity contribution in [2.75, 3.05) is 0 Å². The molecule has 0 bridgehead atoms. The zero-order valence-corrected chi connectivity index (χ0v) is 18.2. The summed E-state index contributed by atoms with van der Waals surface area (Å²) in [6.45, 7) is 5.39. The van der Waals surface area contributed by atoms with Gasteiger partial charge in [-0.2, -0.15) is 0 Å². The molecule has 0 aromatic heterocycles. The van der Waals surface area contributed by atoms with Gasteiger partial charge >= 0.3 is 6.09 Å². The maximum atomic E-state index is 12.9. The third-order valence-electron chi connectivity index (χ3n) is 5.64. The van der Waals surface area contributed by atoms with Gasteiger partial charge in [-0.15, -0.1) is 0 Å². The second kappa shape index (κ2) is 8.09. The van der Waals surface area contributed by atoms with E-state index < -0.39 is 41.7 Å². The third-order valence-corrected chi connectivity index (χ3v) is 5.64. The molecular weight excluding hydrogens is 418 g/mol. The number of aliphatic hydroxyl groups excluding tert-OH is 1. The molecule has 2 heterocycles. The van der Waals surface area contributed by atoms with Crippen molar-refractivity contribution < 1.29 is 33.8 Å². The number of nitrogens with one attached hydrogen (secondary N) is 2. The van der Waals surface area contributed by atoms with E-state index in [-0.39, 0.29) is 36.1 Å². The highest BCUT2D eigenvalue weighted by atomic mass is 16.6. The second-order valence-corrected chi connectivity index (χ2v) is 9.36. The summed E-state index contributed by atoms with van der Waals surface area (Å²) in [4.78, 5) is 50.6. The molecule has 1 saturated carbocycles. The molecule has 1 saturated heterocycles. The fourth-order valence-corrected chi connectivity index (χ4v) is 4.07. The van der Waals surface area contributed by atoms with Crippen LogP contribution in [0.25, 0.3) is 0 Å². The number of amides is 4. The van der Waals surface area contributed by atoms with Gasteiger partial charge in [-0.1, -0.05) is 0 Å². The largest absolute Gasteiger partial charge is 0.490 e. The monoisotopic (exact) mass is 445 g/mol. The standard InChI is InChI=1S/C22H27N3O7/c1-22(2,3)32-21(30)23-11-8-13(9-11)31-12-4-5-14-15(10-12)20(29)25(19(14)28)16-6-7-17(26)24-18(16)27/h4-5,10-11,13,16-17,26H,6-9H2,1-3H3,(H,23,30)(H,24,27)/t11-,13-,16?,17?. The molecule has 2 unspecified atom stereocenters. The van der Waals surface area contributed by atoms with Gasteiger partial charge in [-0.3, -0.25) is 19.3 Å². The van der Waals surface area contributed by atoms with Crippen LogP contribution in [0.2, 0.25) is 0 Å². The van der Waals surface area contributed by atoms with Crippen molar-refractivity contribution in [3.63, 3.8) is 0 Å². The van der Waals surface area contributed by atoms with Crippen LogP contribution in [0.4, 0.5) is 4.79 Å². The summed E-state index contributed by atoms with van der Waals surface area (Å²) in [6, 6.07) is 3.66. The number of aliphatic hydroxyl groups is 1. The number of fused-ring (bicyclic) bond motifs is 1. The van der Waals surface area contributed by atoms with Crippen LogP contribution in [0.15, 0.2) is 18.2 Å². The first kappa shape index (κ1) is 22.1. The highest BCUT2D eigenvalue weighted by molar-refractivity contribution is 6.23. The Bertz CT molecular complexity index is 965. The van der Waals surface area contributed by atoms with E-state index in [0.717, 1.165) is 4.90 Å². The minimum Gasteiger partial charge on any atom is -0.490 e. The first-order valence-corrected chi connectivity index (χ1v) is 10.7. The number of rotatable bonds is 4. The first-order valence-electron chi connectivity index (χ1n) is 10.7. The van der Waals surface area contributed by atoms with Gasteiger partial charge in [-0.25, -0.2) is 4.79 Å². The van der Waals surface area contributed by atoms with Crippen molar-refractivity contribution in [3.05, 3.63) is 29.3 Å². The minimum absolute atomic E-state index is 0.0526. The zero-order chi connectivity index (χ0) is 23.2. The Kier molecular flexibility index (Phi) is 5.58. The zero-order valence-electron chi connectivity index (χ0n) is 18.2. The van der Waals surface area contributed by atoms with Crippen LogP contribution in [0, 0.1) is 0 Å². The van der Waals surface area contributed by atoms with Crippen LogP contribution in [0.5, 0.6) is 5.75 Å². The fourth-order valence-electron chi connectivity index (χ4n) is 4.07. The van der Waals surface area contributed by atoms with Gasteiger partial charge < -0.3 is 25.2 Å². The predicted molar refractivity (Wildman–Crippen MR) is 111 cm³/mol. The molecule has 3 aliphatic rings. The molecule has 0 spiro atoms. The van der Waals surface area contributed by atoms with Crippen molar-refractivity contribution in [3.8, 4) is 5.75 Å². The van der Waals surface area contributed by atoms with Crippen LogP contribution < -0.4 is 15.4 Å². The topological polar surface area (TPSA) is 134 Å². The van der Waals surface area contributed by atoms with Gasteiger partial charge in [0.05, 0.1) is 11.1 Å². The number of carbonyl (C=O) groups is 4. The lowest BCUT2D eigenvalue weighted by molar-refractivity contribution is -0.131. The van der Waals surface area contributed by atoms with E-state index in [1.807, 2.05) is 0 Å². The lowest BCUT2D eigenvalue weighted by atomic mass is 9.89. The molecule has 0 radical (unpaired) electrons. The van der Waals surface area contributed by atoms with Gasteiger partial charge in [-0.05, 0) is 51.8 Å². The predicted octanol–water partition coefficient (Wildman–Crippen LogP) is 1.31. The number of imide groups is 1. The van der Waals surface area contributed by atoms with E-state index >= 15 is 0 Å². The summed E-state index contributed by atoms with van der Waals surface area (Å²) in [5, 5.41) is 14.7. The van der Waals surface area contributed by atoms with Crippen molar-refractivity contribution >= 4 is 23.8 Å².